The molecule has 2 N–H and O–H groups in total. The molecule has 1 aromatic rings. The lowest BCUT2D eigenvalue weighted by atomic mass is 10.1. The van der Waals surface area contributed by atoms with E-state index in [0.717, 1.165) is 19.5 Å². The average Bonchev–Trinajstić information content (AvgIpc) is 2.89. The Morgan fingerprint density at radius 2 is 2.47 bits per heavy atom. The molecule has 0 fully saturated rings. The van der Waals surface area contributed by atoms with Crippen molar-refractivity contribution in [3.63, 3.8) is 0 Å². The van der Waals surface area contributed by atoms with Crippen LogP contribution < -0.4 is 5.73 Å². The molecule has 2 heterocycles. The fourth-order valence-electron chi connectivity index (χ4n) is 2.08. The summed E-state index contributed by atoms with van der Waals surface area (Å²) in [5.41, 5.74) is 7.03. The molecule has 1 atom stereocenters. The van der Waals surface area contributed by atoms with Crippen LogP contribution in [0, 0.1) is 0 Å². The zero-order chi connectivity index (χ0) is 12.3. The van der Waals surface area contributed by atoms with Crippen LogP contribution in [0.15, 0.2) is 30.0 Å². The number of aromatic nitrogens is 2. The fourth-order valence-corrected chi connectivity index (χ4v) is 2.08. The van der Waals surface area contributed by atoms with Gasteiger partial charge in [-0.3, -0.25) is 9.67 Å². The molecule has 2 rings (SSSR count). The Balaban J connectivity index is 2.13. The van der Waals surface area contributed by atoms with E-state index in [1.165, 1.54) is 5.56 Å². The molecular formula is C12H19N5. The van der Waals surface area contributed by atoms with Crippen LogP contribution >= 0.6 is 0 Å². The van der Waals surface area contributed by atoms with Gasteiger partial charge in [0, 0.05) is 24.8 Å². The largest absolute Gasteiger partial charge is 0.370 e. The van der Waals surface area contributed by atoms with Gasteiger partial charge in [0.15, 0.2) is 5.96 Å². The normalized spacial score (nSPS) is 19.5. The number of hydrogen-bond acceptors (Lipinski definition) is 4. The molecule has 1 aliphatic rings. The Hall–Kier alpha value is -1.78. The smallest absolute Gasteiger partial charge is 0.192 e. The summed E-state index contributed by atoms with van der Waals surface area (Å²) in [4.78, 5) is 6.34. The number of nitrogens with two attached hydrogens (primary N) is 1. The molecule has 5 nitrogen and oxygen atoms in total. The fraction of sp³-hybridized carbons (Fsp3) is 0.500. The van der Waals surface area contributed by atoms with E-state index in [1.807, 2.05) is 17.0 Å². The number of hydrogen-bond donors (Lipinski definition) is 1. The summed E-state index contributed by atoms with van der Waals surface area (Å²) in [7, 11) is 0. The van der Waals surface area contributed by atoms with Crippen molar-refractivity contribution >= 4 is 5.96 Å². The summed E-state index contributed by atoms with van der Waals surface area (Å²) in [5, 5.41) is 4.34. The average molecular weight is 233 g/mol. The molecule has 0 saturated heterocycles. The highest BCUT2D eigenvalue weighted by atomic mass is 15.3. The van der Waals surface area contributed by atoms with Gasteiger partial charge in [0.25, 0.3) is 0 Å². The first kappa shape index (κ1) is 11.7. The standard InChI is InChI=1S/C12H19N5/c1-3-5-16-9-10(7-15-16)11-8-14-12(13)17(11)6-4-2/h4,7,9,11H,2-3,5-6,8H2,1H3,(H2,13,14). The maximum absolute atomic E-state index is 5.86. The van der Waals surface area contributed by atoms with Crippen LogP contribution in [-0.2, 0) is 6.54 Å². The number of guanidine groups is 1. The Bertz CT molecular complexity index is 420. The molecule has 0 saturated carbocycles. The third-order valence-corrected chi connectivity index (χ3v) is 2.91. The predicted octanol–water partition coefficient (Wildman–Crippen LogP) is 1.15. The van der Waals surface area contributed by atoms with Crippen molar-refractivity contribution in [1.82, 2.24) is 14.7 Å². The van der Waals surface area contributed by atoms with Crippen molar-refractivity contribution in [2.45, 2.75) is 25.9 Å². The van der Waals surface area contributed by atoms with Gasteiger partial charge in [0.2, 0.25) is 0 Å². The quantitative estimate of drug-likeness (QED) is 0.776. The van der Waals surface area contributed by atoms with Crippen molar-refractivity contribution < 1.29 is 0 Å². The Morgan fingerprint density at radius 1 is 1.65 bits per heavy atom. The number of nitrogens with zero attached hydrogens (tertiary/aromatic N) is 4. The van der Waals surface area contributed by atoms with Crippen LogP contribution in [0.25, 0.3) is 0 Å². The molecule has 0 radical (unpaired) electrons. The molecule has 5 heteroatoms. The van der Waals surface area contributed by atoms with E-state index in [4.69, 9.17) is 5.73 Å². The van der Waals surface area contributed by atoms with Crippen molar-refractivity contribution in [2.75, 3.05) is 13.1 Å². The molecule has 1 aliphatic heterocycles. The van der Waals surface area contributed by atoms with Crippen LogP contribution in [0.1, 0.15) is 24.9 Å². The molecule has 1 aromatic heterocycles. The van der Waals surface area contributed by atoms with E-state index in [1.54, 1.807) is 0 Å². The highest BCUT2D eigenvalue weighted by molar-refractivity contribution is 5.80. The van der Waals surface area contributed by atoms with Crippen LogP contribution in [0.4, 0.5) is 0 Å². The maximum Gasteiger partial charge on any atom is 0.192 e. The minimum atomic E-state index is 0.207. The summed E-state index contributed by atoms with van der Waals surface area (Å²) in [6.45, 7) is 8.27. The molecule has 0 amide bonds. The number of aryl methyl sites for hydroxylation is 1. The van der Waals surface area contributed by atoms with Gasteiger partial charge in [-0.05, 0) is 6.42 Å². The van der Waals surface area contributed by atoms with Gasteiger partial charge in [-0.15, -0.1) is 6.58 Å². The van der Waals surface area contributed by atoms with E-state index < -0.39 is 0 Å². The van der Waals surface area contributed by atoms with Crippen molar-refractivity contribution in [1.29, 1.82) is 0 Å². The van der Waals surface area contributed by atoms with Crippen LogP contribution in [-0.4, -0.2) is 33.7 Å². The Labute approximate surface area is 102 Å². The second-order valence-electron chi connectivity index (χ2n) is 4.19. The highest BCUT2D eigenvalue weighted by Gasteiger charge is 2.27. The van der Waals surface area contributed by atoms with Gasteiger partial charge in [-0.1, -0.05) is 13.0 Å². The van der Waals surface area contributed by atoms with Gasteiger partial charge in [0.05, 0.1) is 18.8 Å². The van der Waals surface area contributed by atoms with E-state index in [2.05, 4.69) is 34.7 Å². The Kier molecular flexibility index (Phi) is 3.46. The van der Waals surface area contributed by atoms with Crippen LogP contribution in [0.5, 0.6) is 0 Å². The minimum absolute atomic E-state index is 0.207. The van der Waals surface area contributed by atoms with E-state index in [-0.39, 0.29) is 6.04 Å². The first-order valence-electron chi connectivity index (χ1n) is 5.96. The SMILES string of the molecule is C=CCN1C(N)=NCC1c1cnn(CCC)c1. The second kappa shape index (κ2) is 5.03. The van der Waals surface area contributed by atoms with Gasteiger partial charge in [0.1, 0.15) is 0 Å². The van der Waals surface area contributed by atoms with Crippen molar-refractivity contribution in [3.8, 4) is 0 Å². The lowest BCUT2D eigenvalue weighted by molar-refractivity contribution is 0.380. The van der Waals surface area contributed by atoms with Crippen molar-refractivity contribution in [2.24, 2.45) is 10.7 Å². The van der Waals surface area contributed by atoms with Gasteiger partial charge >= 0.3 is 0 Å². The van der Waals surface area contributed by atoms with Gasteiger partial charge in [-0.25, -0.2) is 0 Å². The third kappa shape index (κ3) is 2.33. The number of aliphatic imine (C=N–C) groups is 1. The summed E-state index contributed by atoms with van der Waals surface area (Å²) in [6, 6.07) is 0.207. The highest BCUT2D eigenvalue weighted by Crippen LogP contribution is 2.24. The summed E-state index contributed by atoms with van der Waals surface area (Å²) < 4.78 is 1.97. The topological polar surface area (TPSA) is 59.4 Å². The first-order chi connectivity index (χ1) is 8.26. The Morgan fingerprint density at radius 3 is 3.18 bits per heavy atom. The van der Waals surface area contributed by atoms with E-state index in [9.17, 15) is 0 Å². The van der Waals surface area contributed by atoms with Crippen molar-refractivity contribution in [3.05, 3.63) is 30.6 Å². The molecular weight excluding hydrogens is 214 g/mol. The molecule has 0 bridgehead atoms. The van der Waals surface area contributed by atoms with E-state index in [0.29, 0.717) is 12.5 Å². The molecule has 1 unspecified atom stereocenters. The van der Waals surface area contributed by atoms with Crippen LogP contribution in [0.3, 0.4) is 0 Å². The van der Waals surface area contributed by atoms with Gasteiger partial charge in [-0.2, -0.15) is 5.10 Å². The molecule has 0 spiro atoms. The monoisotopic (exact) mass is 233 g/mol. The van der Waals surface area contributed by atoms with Gasteiger partial charge < -0.3 is 10.6 Å². The molecule has 0 aliphatic carbocycles. The molecule has 0 aromatic carbocycles. The second-order valence-corrected chi connectivity index (χ2v) is 4.19. The zero-order valence-corrected chi connectivity index (χ0v) is 10.2. The lowest BCUT2D eigenvalue weighted by Crippen LogP contribution is -2.36. The number of rotatable bonds is 5. The lowest BCUT2D eigenvalue weighted by Gasteiger charge is -2.23. The maximum atomic E-state index is 5.86. The van der Waals surface area contributed by atoms with Crippen LogP contribution in [0.2, 0.25) is 0 Å². The summed E-state index contributed by atoms with van der Waals surface area (Å²) in [6.07, 6.45) is 6.92. The molecule has 92 valence electrons. The predicted molar refractivity (Wildman–Crippen MR) is 68.7 cm³/mol. The first-order valence-corrected chi connectivity index (χ1v) is 5.96. The zero-order valence-electron chi connectivity index (χ0n) is 10.2. The molecule has 17 heavy (non-hydrogen) atoms. The summed E-state index contributed by atoms with van der Waals surface area (Å²) >= 11 is 0. The minimum Gasteiger partial charge on any atom is -0.370 e. The van der Waals surface area contributed by atoms with E-state index >= 15 is 0 Å². The third-order valence-electron chi connectivity index (χ3n) is 2.91. The summed E-state index contributed by atoms with van der Waals surface area (Å²) in [5.74, 6) is 0.596.